The average Bonchev–Trinajstić information content (AvgIpc) is 3.09. The fourth-order valence-electron chi connectivity index (χ4n) is 3.05. The molecule has 1 aliphatic rings. The Morgan fingerprint density at radius 2 is 2.15 bits per heavy atom. The van der Waals surface area contributed by atoms with Crippen LogP contribution in [0, 0.1) is 5.92 Å². The van der Waals surface area contributed by atoms with Crippen LogP contribution in [0.3, 0.4) is 0 Å². The molecule has 1 aromatic carbocycles. The number of piperidine rings is 1. The van der Waals surface area contributed by atoms with Crippen molar-refractivity contribution in [2.45, 2.75) is 25.8 Å². The zero-order valence-corrected chi connectivity index (χ0v) is 16.7. The van der Waals surface area contributed by atoms with Crippen LogP contribution in [0.4, 0.5) is 5.13 Å². The fraction of sp³-hybridized carbons (Fsp3) is 0.444. The Bertz CT molecular complexity index is 753. The van der Waals surface area contributed by atoms with Gasteiger partial charge in [0.15, 0.2) is 5.13 Å². The predicted molar refractivity (Wildman–Crippen MR) is 107 cm³/mol. The number of methoxy groups -OCH3 is 2. The van der Waals surface area contributed by atoms with Gasteiger partial charge in [-0.3, -0.25) is 4.79 Å². The minimum absolute atomic E-state index is 0. The monoisotopic (exact) mass is 397 g/mol. The topological polar surface area (TPSA) is 72.5 Å². The van der Waals surface area contributed by atoms with Gasteiger partial charge < -0.3 is 20.1 Å². The molecule has 1 saturated heterocycles. The minimum Gasteiger partial charge on any atom is -0.497 e. The molecule has 0 bridgehead atoms. The summed E-state index contributed by atoms with van der Waals surface area (Å²) < 4.78 is 10.7. The van der Waals surface area contributed by atoms with Crippen molar-refractivity contribution in [1.29, 1.82) is 0 Å². The van der Waals surface area contributed by atoms with E-state index >= 15 is 0 Å². The molecule has 0 radical (unpaired) electrons. The molecule has 2 heterocycles. The number of halogens is 1. The molecular formula is C18H24ClN3O3S. The molecule has 2 N–H and O–H groups in total. The number of nitrogens with one attached hydrogen (secondary N) is 2. The third kappa shape index (κ3) is 4.66. The van der Waals surface area contributed by atoms with Crippen LogP contribution in [0.2, 0.25) is 0 Å². The molecule has 1 fully saturated rings. The van der Waals surface area contributed by atoms with Crippen LogP contribution < -0.4 is 20.1 Å². The SMILES string of the molecule is COc1ccc(OC)c(-c2csc(NC(=O)[C@H]3CCN[C@@H](C)C3)n2)c1.Cl. The van der Waals surface area contributed by atoms with Crippen molar-refractivity contribution in [3.8, 4) is 22.8 Å². The van der Waals surface area contributed by atoms with Crippen molar-refractivity contribution >= 4 is 34.8 Å². The van der Waals surface area contributed by atoms with Crippen LogP contribution in [0.1, 0.15) is 19.8 Å². The third-order valence-corrected chi connectivity index (χ3v) is 5.17. The average molecular weight is 398 g/mol. The maximum Gasteiger partial charge on any atom is 0.229 e. The van der Waals surface area contributed by atoms with Gasteiger partial charge in [-0.25, -0.2) is 4.98 Å². The molecule has 0 aliphatic carbocycles. The minimum atomic E-state index is 0. The molecule has 1 aliphatic heterocycles. The zero-order chi connectivity index (χ0) is 17.8. The molecule has 2 aromatic rings. The number of aromatic nitrogens is 1. The number of hydrogen-bond donors (Lipinski definition) is 2. The van der Waals surface area contributed by atoms with Crippen molar-refractivity contribution < 1.29 is 14.3 Å². The summed E-state index contributed by atoms with van der Waals surface area (Å²) in [7, 11) is 3.25. The van der Waals surface area contributed by atoms with Gasteiger partial charge in [0.1, 0.15) is 11.5 Å². The van der Waals surface area contributed by atoms with E-state index in [1.807, 2.05) is 23.6 Å². The van der Waals surface area contributed by atoms with Crippen molar-refractivity contribution in [3.63, 3.8) is 0 Å². The smallest absolute Gasteiger partial charge is 0.229 e. The molecular weight excluding hydrogens is 374 g/mol. The van der Waals surface area contributed by atoms with E-state index in [9.17, 15) is 4.79 Å². The number of benzene rings is 1. The highest BCUT2D eigenvalue weighted by Crippen LogP contribution is 2.35. The number of anilines is 1. The molecule has 6 nitrogen and oxygen atoms in total. The number of carbonyl (C=O) groups is 1. The highest BCUT2D eigenvalue weighted by molar-refractivity contribution is 7.14. The van der Waals surface area contributed by atoms with E-state index in [4.69, 9.17) is 9.47 Å². The van der Waals surface area contributed by atoms with E-state index in [2.05, 4.69) is 22.5 Å². The molecule has 1 aromatic heterocycles. The Hall–Kier alpha value is -1.83. The second-order valence-corrected chi connectivity index (χ2v) is 7.03. The van der Waals surface area contributed by atoms with Crippen molar-refractivity contribution in [2.75, 3.05) is 26.1 Å². The zero-order valence-electron chi connectivity index (χ0n) is 15.1. The second kappa shape index (κ2) is 9.21. The summed E-state index contributed by atoms with van der Waals surface area (Å²) in [5.41, 5.74) is 1.60. The summed E-state index contributed by atoms with van der Waals surface area (Å²) in [4.78, 5) is 17.0. The number of thiazole rings is 1. The first-order chi connectivity index (χ1) is 12.1. The summed E-state index contributed by atoms with van der Waals surface area (Å²) in [6.07, 6.45) is 1.71. The molecule has 3 rings (SSSR count). The molecule has 0 saturated carbocycles. The summed E-state index contributed by atoms with van der Waals surface area (Å²) in [5.74, 6) is 1.54. The van der Waals surface area contributed by atoms with Gasteiger partial charge in [0, 0.05) is 22.9 Å². The molecule has 8 heteroatoms. The number of ether oxygens (including phenoxy) is 2. The van der Waals surface area contributed by atoms with Crippen LogP contribution in [0.25, 0.3) is 11.3 Å². The highest BCUT2D eigenvalue weighted by atomic mass is 35.5. The highest BCUT2D eigenvalue weighted by Gasteiger charge is 2.25. The van der Waals surface area contributed by atoms with Crippen LogP contribution in [-0.2, 0) is 4.79 Å². The lowest BCUT2D eigenvalue weighted by atomic mass is 9.92. The van der Waals surface area contributed by atoms with Gasteiger partial charge >= 0.3 is 0 Å². The summed E-state index contributed by atoms with van der Waals surface area (Å²) >= 11 is 1.42. The number of amides is 1. The van der Waals surface area contributed by atoms with E-state index in [1.54, 1.807) is 14.2 Å². The van der Waals surface area contributed by atoms with Gasteiger partial charge in [0.25, 0.3) is 0 Å². The Morgan fingerprint density at radius 1 is 1.35 bits per heavy atom. The first-order valence-corrected chi connectivity index (χ1v) is 9.21. The first kappa shape index (κ1) is 20.5. The van der Waals surface area contributed by atoms with Crippen molar-refractivity contribution in [1.82, 2.24) is 10.3 Å². The largest absolute Gasteiger partial charge is 0.497 e. The molecule has 0 spiro atoms. The fourth-order valence-corrected chi connectivity index (χ4v) is 3.76. The van der Waals surface area contributed by atoms with Crippen molar-refractivity contribution in [2.24, 2.45) is 5.92 Å². The van der Waals surface area contributed by atoms with Gasteiger partial charge in [0.05, 0.1) is 19.9 Å². The van der Waals surface area contributed by atoms with Crippen LogP contribution in [0.15, 0.2) is 23.6 Å². The van der Waals surface area contributed by atoms with Gasteiger partial charge in [-0.05, 0) is 44.5 Å². The summed E-state index contributed by atoms with van der Waals surface area (Å²) in [6.45, 7) is 2.99. The predicted octanol–water partition coefficient (Wildman–Crippen LogP) is 3.58. The van der Waals surface area contributed by atoms with E-state index in [1.165, 1.54) is 11.3 Å². The Labute approximate surface area is 163 Å². The maximum absolute atomic E-state index is 12.5. The standard InChI is InChI=1S/C18H23N3O3S.ClH/c1-11-8-12(6-7-19-11)17(22)21-18-20-15(10-25-18)14-9-13(23-2)4-5-16(14)24-3;/h4-5,9-12,19H,6-8H2,1-3H3,(H,20,21,22);1H/t11-,12-;/m0./s1. The molecule has 1 amide bonds. The van der Waals surface area contributed by atoms with E-state index in [0.717, 1.165) is 42.1 Å². The van der Waals surface area contributed by atoms with Crippen LogP contribution in [0.5, 0.6) is 11.5 Å². The normalized spacial score (nSPS) is 19.3. The Morgan fingerprint density at radius 3 is 2.85 bits per heavy atom. The lowest BCUT2D eigenvalue weighted by Crippen LogP contribution is -2.40. The summed E-state index contributed by atoms with van der Waals surface area (Å²) in [5, 5.41) is 8.84. The van der Waals surface area contributed by atoms with Crippen LogP contribution >= 0.6 is 23.7 Å². The van der Waals surface area contributed by atoms with Gasteiger partial charge in [-0.2, -0.15) is 0 Å². The third-order valence-electron chi connectivity index (χ3n) is 4.41. The Kier molecular flexibility index (Phi) is 7.25. The number of nitrogens with zero attached hydrogens (tertiary/aromatic N) is 1. The molecule has 0 unspecified atom stereocenters. The second-order valence-electron chi connectivity index (χ2n) is 6.17. The van der Waals surface area contributed by atoms with Gasteiger partial charge in [-0.15, -0.1) is 23.7 Å². The van der Waals surface area contributed by atoms with E-state index < -0.39 is 0 Å². The number of rotatable bonds is 5. The van der Waals surface area contributed by atoms with Gasteiger partial charge in [0.2, 0.25) is 5.91 Å². The molecule has 26 heavy (non-hydrogen) atoms. The lowest BCUT2D eigenvalue weighted by molar-refractivity contribution is -0.120. The summed E-state index contributed by atoms with van der Waals surface area (Å²) in [6, 6.07) is 5.95. The maximum atomic E-state index is 12.5. The molecule has 2 atom stereocenters. The van der Waals surface area contributed by atoms with Gasteiger partial charge in [-0.1, -0.05) is 0 Å². The van der Waals surface area contributed by atoms with Crippen molar-refractivity contribution in [3.05, 3.63) is 23.6 Å². The quantitative estimate of drug-likeness (QED) is 0.806. The molecule has 142 valence electrons. The Balaban J connectivity index is 0.00000243. The number of carbonyl (C=O) groups excluding carboxylic acids is 1. The lowest BCUT2D eigenvalue weighted by Gasteiger charge is -2.26. The van der Waals surface area contributed by atoms with E-state index in [-0.39, 0.29) is 24.2 Å². The van der Waals surface area contributed by atoms with Crippen LogP contribution in [-0.4, -0.2) is 37.7 Å². The van der Waals surface area contributed by atoms with E-state index in [0.29, 0.717) is 11.2 Å². The first-order valence-electron chi connectivity index (χ1n) is 8.33. The number of hydrogen-bond acceptors (Lipinski definition) is 6.